The van der Waals surface area contributed by atoms with E-state index in [0.29, 0.717) is 5.92 Å². The Morgan fingerprint density at radius 2 is 2.07 bits per heavy atom. The normalized spacial score (nSPS) is 12.5. The largest absolute Gasteiger partial charge is 0.496 e. The second-order valence-corrected chi connectivity index (χ2v) is 4.01. The van der Waals surface area contributed by atoms with E-state index in [1.807, 2.05) is 19.2 Å². The Hall–Kier alpha value is -1.02. The summed E-state index contributed by atoms with van der Waals surface area (Å²) in [5.41, 5.74) is 1.31. The Morgan fingerprint density at radius 1 is 1.33 bits per heavy atom. The summed E-state index contributed by atoms with van der Waals surface area (Å²) in [7, 11) is 3.73. The van der Waals surface area contributed by atoms with Gasteiger partial charge in [-0.25, -0.2) is 0 Å². The van der Waals surface area contributed by atoms with Gasteiger partial charge < -0.3 is 10.1 Å². The summed E-state index contributed by atoms with van der Waals surface area (Å²) in [4.78, 5) is 0. The van der Waals surface area contributed by atoms with Gasteiger partial charge in [0.1, 0.15) is 5.75 Å². The third-order valence-corrected chi connectivity index (χ3v) is 2.65. The number of methoxy groups -OCH3 is 1. The van der Waals surface area contributed by atoms with Gasteiger partial charge in [0, 0.05) is 0 Å². The van der Waals surface area contributed by atoms with Crippen molar-refractivity contribution in [1.29, 1.82) is 0 Å². The van der Waals surface area contributed by atoms with E-state index in [2.05, 4.69) is 24.4 Å². The van der Waals surface area contributed by atoms with E-state index in [9.17, 15) is 0 Å². The molecule has 0 saturated heterocycles. The first-order chi connectivity index (χ1) is 7.27. The lowest BCUT2D eigenvalue weighted by Crippen LogP contribution is -2.13. The van der Waals surface area contributed by atoms with Crippen LogP contribution in [0.5, 0.6) is 5.75 Å². The van der Waals surface area contributed by atoms with Crippen molar-refractivity contribution in [2.75, 3.05) is 20.7 Å². The molecule has 0 heterocycles. The minimum absolute atomic E-state index is 0.689. The molecule has 0 saturated carbocycles. The highest BCUT2D eigenvalue weighted by Gasteiger charge is 2.07. The summed E-state index contributed by atoms with van der Waals surface area (Å²) in [6.07, 6.45) is 2.29. The summed E-state index contributed by atoms with van der Waals surface area (Å²) in [5.74, 6) is 1.70. The summed E-state index contributed by atoms with van der Waals surface area (Å²) in [6.45, 7) is 3.36. The predicted octanol–water partition coefficient (Wildman–Crippen LogP) is 2.48. The Labute approximate surface area is 92.6 Å². The van der Waals surface area contributed by atoms with Gasteiger partial charge >= 0.3 is 0 Å². The van der Waals surface area contributed by atoms with Gasteiger partial charge in [-0.2, -0.15) is 0 Å². The quantitative estimate of drug-likeness (QED) is 0.773. The van der Waals surface area contributed by atoms with E-state index in [0.717, 1.165) is 18.7 Å². The Morgan fingerprint density at radius 3 is 2.73 bits per heavy atom. The number of nitrogens with one attached hydrogen (secondary N) is 1. The van der Waals surface area contributed by atoms with Crippen LogP contribution in [0, 0.1) is 5.92 Å². The first-order valence-corrected chi connectivity index (χ1v) is 5.54. The molecule has 0 fully saturated rings. The van der Waals surface area contributed by atoms with Gasteiger partial charge in [-0.15, -0.1) is 0 Å². The molecular weight excluding hydrogens is 186 g/mol. The van der Waals surface area contributed by atoms with Crippen molar-refractivity contribution in [3.8, 4) is 5.75 Å². The second-order valence-electron chi connectivity index (χ2n) is 4.01. The van der Waals surface area contributed by atoms with Crippen LogP contribution in [-0.2, 0) is 6.42 Å². The van der Waals surface area contributed by atoms with Gasteiger partial charge in [-0.3, -0.25) is 0 Å². The highest BCUT2D eigenvalue weighted by atomic mass is 16.5. The Balaban J connectivity index is 2.55. The number of rotatable bonds is 6. The maximum Gasteiger partial charge on any atom is 0.122 e. The molecule has 0 amide bonds. The van der Waals surface area contributed by atoms with Gasteiger partial charge in [0.25, 0.3) is 0 Å². The molecular formula is C13H21NO. The van der Waals surface area contributed by atoms with Crippen LogP contribution in [0.15, 0.2) is 24.3 Å². The summed E-state index contributed by atoms with van der Waals surface area (Å²) < 4.78 is 5.34. The zero-order chi connectivity index (χ0) is 11.1. The summed E-state index contributed by atoms with van der Waals surface area (Å²) >= 11 is 0. The van der Waals surface area contributed by atoms with Gasteiger partial charge in [-0.1, -0.05) is 25.1 Å². The molecule has 1 aromatic carbocycles. The fourth-order valence-corrected chi connectivity index (χ4v) is 1.74. The van der Waals surface area contributed by atoms with Crippen molar-refractivity contribution in [2.24, 2.45) is 5.92 Å². The van der Waals surface area contributed by atoms with Crippen molar-refractivity contribution in [3.05, 3.63) is 29.8 Å². The highest BCUT2D eigenvalue weighted by molar-refractivity contribution is 5.33. The maximum absolute atomic E-state index is 5.34. The lowest BCUT2D eigenvalue weighted by molar-refractivity contribution is 0.403. The van der Waals surface area contributed by atoms with Crippen LogP contribution in [0.3, 0.4) is 0 Å². The molecule has 1 unspecified atom stereocenters. The minimum Gasteiger partial charge on any atom is -0.496 e. The zero-order valence-corrected chi connectivity index (χ0v) is 9.92. The maximum atomic E-state index is 5.34. The molecule has 2 heteroatoms. The van der Waals surface area contributed by atoms with Crippen LogP contribution >= 0.6 is 0 Å². The molecule has 0 radical (unpaired) electrons. The fraction of sp³-hybridized carbons (Fsp3) is 0.538. The molecule has 0 aliphatic heterocycles. The third-order valence-electron chi connectivity index (χ3n) is 2.65. The van der Waals surface area contributed by atoms with Crippen LogP contribution in [0.1, 0.15) is 18.9 Å². The van der Waals surface area contributed by atoms with E-state index in [-0.39, 0.29) is 0 Å². The summed E-state index contributed by atoms with van der Waals surface area (Å²) in [6, 6.07) is 8.26. The number of hydrogen-bond acceptors (Lipinski definition) is 2. The molecule has 1 aromatic rings. The van der Waals surface area contributed by atoms with Crippen LogP contribution in [0.25, 0.3) is 0 Å². The van der Waals surface area contributed by atoms with Gasteiger partial charge in [0.2, 0.25) is 0 Å². The molecule has 0 spiro atoms. The molecule has 0 aliphatic rings. The molecule has 1 atom stereocenters. The van der Waals surface area contributed by atoms with Crippen LogP contribution in [-0.4, -0.2) is 20.7 Å². The van der Waals surface area contributed by atoms with Crippen LogP contribution in [0.2, 0.25) is 0 Å². The van der Waals surface area contributed by atoms with Crippen LogP contribution in [0.4, 0.5) is 0 Å². The first-order valence-electron chi connectivity index (χ1n) is 5.54. The first kappa shape index (κ1) is 12.1. The average molecular weight is 207 g/mol. The predicted molar refractivity (Wildman–Crippen MR) is 64.4 cm³/mol. The lowest BCUT2D eigenvalue weighted by Gasteiger charge is -2.13. The van der Waals surface area contributed by atoms with Crippen molar-refractivity contribution in [1.82, 2.24) is 5.32 Å². The lowest BCUT2D eigenvalue weighted by atomic mass is 9.97. The Bertz CT molecular complexity index is 286. The van der Waals surface area contributed by atoms with E-state index in [4.69, 9.17) is 4.74 Å². The van der Waals surface area contributed by atoms with E-state index < -0.39 is 0 Å². The molecule has 2 nitrogen and oxygen atoms in total. The zero-order valence-electron chi connectivity index (χ0n) is 9.92. The topological polar surface area (TPSA) is 21.3 Å². The summed E-state index contributed by atoms with van der Waals surface area (Å²) in [5, 5.41) is 3.18. The monoisotopic (exact) mass is 207 g/mol. The molecule has 0 aromatic heterocycles. The molecule has 0 aliphatic carbocycles. The van der Waals surface area contributed by atoms with E-state index in [1.165, 1.54) is 12.0 Å². The highest BCUT2D eigenvalue weighted by Crippen LogP contribution is 2.21. The van der Waals surface area contributed by atoms with Gasteiger partial charge in [-0.05, 0) is 44.0 Å². The molecule has 1 N–H and O–H groups in total. The fourth-order valence-electron chi connectivity index (χ4n) is 1.74. The van der Waals surface area contributed by atoms with Gasteiger partial charge in [0.05, 0.1) is 7.11 Å². The average Bonchev–Trinajstić information content (AvgIpc) is 2.27. The van der Waals surface area contributed by atoms with E-state index >= 15 is 0 Å². The van der Waals surface area contributed by atoms with Crippen molar-refractivity contribution < 1.29 is 4.74 Å². The number of benzene rings is 1. The smallest absolute Gasteiger partial charge is 0.122 e. The van der Waals surface area contributed by atoms with E-state index in [1.54, 1.807) is 7.11 Å². The second kappa shape index (κ2) is 6.46. The molecule has 15 heavy (non-hydrogen) atoms. The molecule has 84 valence electrons. The van der Waals surface area contributed by atoms with Gasteiger partial charge in [0.15, 0.2) is 0 Å². The number of para-hydroxylation sites is 1. The minimum atomic E-state index is 0.689. The van der Waals surface area contributed by atoms with Crippen molar-refractivity contribution in [2.45, 2.75) is 19.8 Å². The molecule has 1 rings (SSSR count). The van der Waals surface area contributed by atoms with Crippen molar-refractivity contribution in [3.63, 3.8) is 0 Å². The Kier molecular flexibility index (Phi) is 5.19. The SMILES string of the molecule is CNCCC(C)Cc1ccccc1OC. The van der Waals surface area contributed by atoms with Crippen LogP contribution < -0.4 is 10.1 Å². The van der Waals surface area contributed by atoms with Crippen molar-refractivity contribution >= 4 is 0 Å². The number of ether oxygens (including phenoxy) is 1. The third kappa shape index (κ3) is 3.92. The number of hydrogen-bond donors (Lipinski definition) is 1. The standard InChI is InChI=1S/C13H21NO/c1-11(8-9-14-2)10-12-6-4-5-7-13(12)15-3/h4-7,11,14H,8-10H2,1-3H3. The molecule has 0 bridgehead atoms.